The number of amides is 1. The average Bonchev–Trinajstić information content (AvgIpc) is 2.86. The van der Waals surface area contributed by atoms with Gasteiger partial charge in [-0.15, -0.1) is 0 Å². The molecule has 0 radical (unpaired) electrons. The van der Waals surface area contributed by atoms with E-state index in [4.69, 9.17) is 9.15 Å². The van der Waals surface area contributed by atoms with Crippen LogP contribution >= 0.6 is 0 Å². The lowest BCUT2D eigenvalue weighted by Crippen LogP contribution is -2.22. The van der Waals surface area contributed by atoms with Crippen LogP contribution in [-0.2, 0) is 11.4 Å². The van der Waals surface area contributed by atoms with Gasteiger partial charge in [0, 0.05) is 5.56 Å². The fourth-order valence-corrected chi connectivity index (χ4v) is 1.47. The normalized spacial score (nSPS) is 10.1. The summed E-state index contributed by atoms with van der Waals surface area (Å²) in [4.78, 5) is 16.1. The Morgan fingerprint density at radius 3 is 2.78 bits per heavy atom. The van der Waals surface area contributed by atoms with Crippen LogP contribution < -0.4 is 10.2 Å². The van der Waals surface area contributed by atoms with Crippen molar-refractivity contribution in [1.82, 2.24) is 5.48 Å². The Labute approximate surface area is 104 Å². The number of nitrogens with one attached hydrogen (secondary N) is 1. The number of carbonyl (C=O) groups is 1. The summed E-state index contributed by atoms with van der Waals surface area (Å²) in [6.07, 6.45) is 1.44. The SMILES string of the molecule is CONC(=O)c1occc1COc1ccccc1. The second-order valence-electron chi connectivity index (χ2n) is 3.51. The zero-order valence-electron chi connectivity index (χ0n) is 9.88. The van der Waals surface area contributed by atoms with Crippen molar-refractivity contribution in [2.75, 3.05) is 7.11 Å². The van der Waals surface area contributed by atoms with E-state index in [0.29, 0.717) is 5.56 Å². The van der Waals surface area contributed by atoms with E-state index in [0.717, 1.165) is 5.75 Å². The highest BCUT2D eigenvalue weighted by Gasteiger charge is 2.15. The molecular formula is C13H13NO4. The number of hydrogen-bond donors (Lipinski definition) is 1. The molecule has 0 spiro atoms. The first-order valence-corrected chi connectivity index (χ1v) is 5.39. The van der Waals surface area contributed by atoms with E-state index in [1.165, 1.54) is 13.4 Å². The van der Waals surface area contributed by atoms with E-state index in [1.54, 1.807) is 6.07 Å². The molecule has 1 N–H and O–H groups in total. The van der Waals surface area contributed by atoms with Gasteiger partial charge in [-0.3, -0.25) is 9.63 Å². The lowest BCUT2D eigenvalue weighted by Gasteiger charge is -2.05. The second kappa shape index (κ2) is 5.88. The van der Waals surface area contributed by atoms with Crippen LogP contribution in [0.1, 0.15) is 16.1 Å². The fourth-order valence-electron chi connectivity index (χ4n) is 1.47. The highest BCUT2D eigenvalue weighted by Crippen LogP contribution is 2.15. The van der Waals surface area contributed by atoms with Crippen molar-refractivity contribution in [3.8, 4) is 5.75 Å². The van der Waals surface area contributed by atoms with Crippen LogP contribution in [0.15, 0.2) is 47.1 Å². The molecule has 0 aliphatic rings. The van der Waals surface area contributed by atoms with Crippen molar-refractivity contribution in [2.45, 2.75) is 6.61 Å². The van der Waals surface area contributed by atoms with Gasteiger partial charge in [0.25, 0.3) is 0 Å². The van der Waals surface area contributed by atoms with E-state index >= 15 is 0 Å². The summed E-state index contributed by atoms with van der Waals surface area (Å²) < 4.78 is 10.6. The monoisotopic (exact) mass is 247 g/mol. The molecule has 2 aromatic rings. The first kappa shape index (κ1) is 12.2. The molecule has 0 aliphatic carbocycles. The van der Waals surface area contributed by atoms with E-state index < -0.39 is 5.91 Å². The second-order valence-corrected chi connectivity index (χ2v) is 3.51. The van der Waals surface area contributed by atoms with E-state index in [-0.39, 0.29) is 12.4 Å². The molecule has 5 heteroatoms. The van der Waals surface area contributed by atoms with E-state index in [2.05, 4.69) is 10.3 Å². The molecule has 0 fully saturated rings. The van der Waals surface area contributed by atoms with Gasteiger partial charge in [0.15, 0.2) is 5.76 Å². The minimum Gasteiger partial charge on any atom is -0.489 e. The minimum absolute atomic E-state index is 0.188. The van der Waals surface area contributed by atoms with Gasteiger partial charge in [0.1, 0.15) is 12.4 Å². The van der Waals surface area contributed by atoms with Gasteiger partial charge >= 0.3 is 5.91 Å². The zero-order valence-corrected chi connectivity index (χ0v) is 9.88. The maximum absolute atomic E-state index is 11.6. The van der Waals surface area contributed by atoms with Gasteiger partial charge < -0.3 is 9.15 Å². The summed E-state index contributed by atoms with van der Waals surface area (Å²) in [5, 5.41) is 0. The lowest BCUT2D eigenvalue weighted by atomic mass is 10.2. The van der Waals surface area contributed by atoms with Gasteiger partial charge in [-0.05, 0) is 18.2 Å². The molecule has 0 saturated carbocycles. The molecule has 1 heterocycles. The van der Waals surface area contributed by atoms with Crippen molar-refractivity contribution in [2.24, 2.45) is 0 Å². The molecule has 0 aliphatic heterocycles. The van der Waals surface area contributed by atoms with Crippen molar-refractivity contribution in [3.05, 3.63) is 54.0 Å². The van der Waals surface area contributed by atoms with Gasteiger partial charge in [-0.2, -0.15) is 0 Å². The molecule has 1 aromatic heterocycles. The number of hydroxylamine groups is 1. The lowest BCUT2D eigenvalue weighted by molar-refractivity contribution is 0.0507. The molecule has 0 saturated heterocycles. The Kier molecular flexibility index (Phi) is 3.98. The summed E-state index contributed by atoms with van der Waals surface area (Å²) in [7, 11) is 1.36. The van der Waals surface area contributed by atoms with Crippen LogP contribution in [0.2, 0.25) is 0 Å². The molecule has 1 amide bonds. The Morgan fingerprint density at radius 1 is 1.28 bits per heavy atom. The third kappa shape index (κ3) is 2.89. The predicted molar refractivity (Wildman–Crippen MR) is 64.0 cm³/mol. The van der Waals surface area contributed by atoms with Crippen LogP contribution in [0.25, 0.3) is 0 Å². The number of carbonyl (C=O) groups excluding carboxylic acids is 1. The smallest absolute Gasteiger partial charge is 0.310 e. The highest BCUT2D eigenvalue weighted by atomic mass is 16.6. The van der Waals surface area contributed by atoms with Gasteiger partial charge in [-0.1, -0.05) is 18.2 Å². The number of para-hydroxylation sites is 1. The van der Waals surface area contributed by atoms with E-state index in [9.17, 15) is 4.79 Å². The van der Waals surface area contributed by atoms with Gasteiger partial charge in [-0.25, -0.2) is 5.48 Å². The Bertz CT molecular complexity index is 507. The number of benzene rings is 1. The molecule has 0 unspecified atom stereocenters. The molecule has 1 aromatic carbocycles. The first-order valence-electron chi connectivity index (χ1n) is 5.39. The van der Waals surface area contributed by atoms with Crippen molar-refractivity contribution < 1.29 is 18.8 Å². The van der Waals surface area contributed by atoms with Crippen LogP contribution in [0.5, 0.6) is 5.75 Å². The van der Waals surface area contributed by atoms with Crippen LogP contribution in [0.4, 0.5) is 0 Å². The molecule has 5 nitrogen and oxygen atoms in total. The predicted octanol–water partition coefficient (Wildman–Crippen LogP) is 2.15. The summed E-state index contributed by atoms with van der Waals surface area (Å²) >= 11 is 0. The third-order valence-electron chi connectivity index (χ3n) is 2.29. The molecule has 18 heavy (non-hydrogen) atoms. The highest BCUT2D eigenvalue weighted by molar-refractivity contribution is 5.92. The molecule has 94 valence electrons. The topological polar surface area (TPSA) is 60.7 Å². The van der Waals surface area contributed by atoms with Crippen molar-refractivity contribution >= 4 is 5.91 Å². The molecule has 2 rings (SSSR count). The third-order valence-corrected chi connectivity index (χ3v) is 2.29. The van der Waals surface area contributed by atoms with Crippen LogP contribution in [0.3, 0.4) is 0 Å². The Hall–Kier alpha value is -2.27. The van der Waals surface area contributed by atoms with Gasteiger partial charge in [0.2, 0.25) is 0 Å². The van der Waals surface area contributed by atoms with Gasteiger partial charge in [0.05, 0.1) is 13.4 Å². The maximum atomic E-state index is 11.6. The van der Waals surface area contributed by atoms with E-state index in [1.807, 2.05) is 30.3 Å². The summed E-state index contributed by atoms with van der Waals surface area (Å²) in [5.74, 6) is 0.485. The zero-order chi connectivity index (χ0) is 12.8. The molecule has 0 bridgehead atoms. The number of ether oxygens (including phenoxy) is 1. The van der Waals surface area contributed by atoms with Crippen molar-refractivity contribution in [3.63, 3.8) is 0 Å². The van der Waals surface area contributed by atoms with Crippen LogP contribution in [-0.4, -0.2) is 13.0 Å². The molecular weight excluding hydrogens is 234 g/mol. The first-order chi connectivity index (χ1) is 8.81. The largest absolute Gasteiger partial charge is 0.489 e. The fraction of sp³-hybridized carbons (Fsp3) is 0.154. The Balaban J connectivity index is 2.02. The summed E-state index contributed by atoms with van der Waals surface area (Å²) in [6.45, 7) is 0.257. The average molecular weight is 247 g/mol. The number of furan rings is 1. The summed E-state index contributed by atoms with van der Waals surface area (Å²) in [6, 6.07) is 11.0. The van der Waals surface area contributed by atoms with Crippen LogP contribution in [0, 0.1) is 0 Å². The number of hydrogen-bond acceptors (Lipinski definition) is 4. The minimum atomic E-state index is -0.436. The number of rotatable bonds is 5. The summed E-state index contributed by atoms with van der Waals surface area (Å²) in [5.41, 5.74) is 2.86. The Morgan fingerprint density at radius 2 is 2.06 bits per heavy atom. The molecule has 0 atom stereocenters. The van der Waals surface area contributed by atoms with Crippen molar-refractivity contribution in [1.29, 1.82) is 0 Å². The maximum Gasteiger partial charge on any atom is 0.310 e. The quantitative estimate of drug-likeness (QED) is 0.822. The standard InChI is InChI=1S/C13H13NO4/c1-16-14-13(15)12-10(7-8-17-12)9-18-11-5-3-2-4-6-11/h2-8H,9H2,1H3,(H,14,15).